The Morgan fingerprint density at radius 3 is 2.53 bits per heavy atom. The van der Waals surface area contributed by atoms with Crippen molar-refractivity contribution < 1.29 is 5.11 Å². The number of aryl methyl sites for hydroxylation is 1. The normalized spacial score (nSPS) is 22.6. The third-order valence-electron chi connectivity index (χ3n) is 4.01. The van der Waals surface area contributed by atoms with Crippen LogP contribution in [0.3, 0.4) is 0 Å². The largest absolute Gasteiger partial charge is 0.388 e. The first kappa shape index (κ1) is 12.7. The van der Waals surface area contributed by atoms with E-state index in [2.05, 4.69) is 6.07 Å². The van der Waals surface area contributed by atoms with E-state index in [1.807, 2.05) is 42.5 Å². The van der Waals surface area contributed by atoms with Gasteiger partial charge in [0.15, 0.2) is 0 Å². The van der Waals surface area contributed by atoms with Crippen molar-refractivity contribution in [2.45, 2.75) is 31.3 Å². The molecule has 0 bridgehead atoms. The molecule has 3 rings (SSSR count). The Morgan fingerprint density at radius 1 is 1.00 bits per heavy atom. The van der Waals surface area contributed by atoms with Gasteiger partial charge in [-0.05, 0) is 48.1 Å². The third-order valence-corrected chi connectivity index (χ3v) is 4.27. The molecule has 98 valence electrons. The molecule has 19 heavy (non-hydrogen) atoms. The van der Waals surface area contributed by atoms with E-state index >= 15 is 0 Å². The van der Waals surface area contributed by atoms with Gasteiger partial charge < -0.3 is 5.11 Å². The van der Waals surface area contributed by atoms with Gasteiger partial charge in [-0.2, -0.15) is 0 Å². The minimum atomic E-state index is -0.417. The summed E-state index contributed by atoms with van der Waals surface area (Å²) in [5.41, 5.74) is 3.54. The Kier molecular flexibility index (Phi) is 3.58. The predicted octanol–water partition coefficient (Wildman–Crippen LogP) is 4.49. The van der Waals surface area contributed by atoms with Gasteiger partial charge in [0.2, 0.25) is 0 Å². The lowest BCUT2D eigenvalue weighted by atomic mass is 9.87. The SMILES string of the molecule is O[C@H]1c2ccccc2CCC[C@H]1c1ccc(Cl)cc1. The quantitative estimate of drug-likeness (QED) is 0.758. The zero-order valence-electron chi connectivity index (χ0n) is 10.7. The second-order valence-corrected chi connectivity index (χ2v) is 5.63. The Labute approximate surface area is 118 Å². The fourth-order valence-electron chi connectivity index (χ4n) is 3.00. The summed E-state index contributed by atoms with van der Waals surface area (Å²) in [6, 6.07) is 16.1. The lowest BCUT2D eigenvalue weighted by molar-refractivity contribution is 0.142. The Bertz CT molecular complexity index is 562. The predicted molar refractivity (Wildman–Crippen MR) is 78.5 cm³/mol. The number of aliphatic hydroxyl groups is 1. The van der Waals surface area contributed by atoms with Gasteiger partial charge in [0, 0.05) is 10.9 Å². The highest BCUT2D eigenvalue weighted by Crippen LogP contribution is 2.39. The molecule has 0 fully saturated rings. The highest BCUT2D eigenvalue weighted by molar-refractivity contribution is 6.30. The molecule has 0 amide bonds. The topological polar surface area (TPSA) is 20.2 Å². The number of benzene rings is 2. The molecule has 2 aromatic rings. The van der Waals surface area contributed by atoms with Crippen LogP contribution in [0.2, 0.25) is 5.02 Å². The maximum Gasteiger partial charge on any atom is 0.0861 e. The van der Waals surface area contributed by atoms with E-state index in [4.69, 9.17) is 11.6 Å². The van der Waals surface area contributed by atoms with Gasteiger partial charge in [-0.3, -0.25) is 0 Å². The Morgan fingerprint density at radius 2 is 1.74 bits per heavy atom. The zero-order valence-corrected chi connectivity index (χ0v) is 11.5. The summed E-state index contributed by atoms with van der Waals surface area (Å²) in [6.45, 7) is 0. The molecule has 1 N–H and O–H groups in total. The molecule has 0 heterocycles. The number of rotatable bonds is 1. The molecular weight excluding hydrogens is 256 g/mol. The minimum Gasteiger partial charge on any atom is -0.388 e. The summed E-state index contributed by atoms with van der Waals surface area (Å²) in [5, 5.41) is 11.4. The van der Waals surface area contributed by atoms with E-state index in [0.29, 0.717) is 0 Å². The van der Waals surface area contributed by atoms with E-state index in [0.717, 1.165) is 29.8 Å². The number of aliphatic hydroxyl groups excluding tert-OH is 1. The summed E-state index contributed by atoms with van der Waals surface area (Å²) in [6.07, 6.45) is 2.76. The van der Waals surface area contributed by atoms with Crippen molar-refractivity contribution in [2.24, 2.45) is 0 Å². The first-order valence-corrected chi connectivity index (χ1v) is 7.15. The minimum absolute atomic E-state index is 0.168. The highest BCUT2D eigenvalue weighted by Gasteiger charge is 2.26. The molecular formula is C17H17ClO. The molecule has 0 saturated carbocycles. The van der Waals surface area contributed by atoms with Crippen molar-refractivity contribution in [3.63, 3.8) is 0 Å². The average Bonchev–Trinajstić information content (AvgIpc) is 2.60. The van der Waals surface area contributed by atoms with Crippen molar-refractivity contribution >= 4 is 11.6 Å². The van der Waals surface area contributed by atoms with Crippen LogP contribution >= 0.6 is 11.6 Å². The zero-order chi connectivity index (χ0) is 13.2. The van der Waals surface area contributed by atoms with Gasteiger partial charge in [0.05, 0.1) is 6.10 Å². The maximum atomic E-state index is 10.7. The summed E-state index contributed by atoms with van der Waals surface area (Å²) in [4.78, 5) is 0. The lowest BCUT2D eigenvalue weighted by Crippen LogP contribution is -2.10. The summed E-state index contributed by atoms with van der Waals surface area (Å²) >= 11 is 5.94. The second kappa shape index (κ2) is 5.36. The van der Waals surface area contributed by atoms with E-state index < -0.39 is 6.10 Å². The second-order valence-electron chi connectivity index (χ2n) is 5.19. The van der Waals surface area contributed by atoms with Crippen molar-refractivity contribution in [3.05, 3.63) is 70.2 Å². The van der Waals surface area contributed by atoms with Crippen LogP contribution in [0.4, 0.5) is 0 Å². The number of hydrogen-bond acceptors (Lipinski definition) is 1. The molecule has 0 aliphatic heterocycles. The van der Waals surface area contributed by atoms with Crippen molar-refractivity contribution in [2.75, 3.05) is 0 Å². The van der Waals surface area contributed by atoms with Crippen LogP contribution in [0.1, 0.15) is 41.6 Å². The first-order valence-electron chi connectivity index (χ1n) is 6.77. The van der Waals surface area contributed by atoms with E-state index in [1.54, 1.807) is 0 Å². The maximum absolute atomic E-state index is 10.7. The molecule has 0 aromatic heterocycles. The van der Waals surface area contributed by atoms with E-state index in [-0.39, 0.29) is 5.92 Å². The van der Waals surface area contributed by atoms with Gasteiger partial charge in [0.1, 0.15) is 0 Å². The number of hydrogen-bond donors (Lipinski definition) is 1. The molecule has 2 aromatic carbocycles. The molecule has 1 nitrogen and oxygen atoms in total. The van der Waals surface area contributed by atoms with Gasteiger partial charge >= 0.3 is 0 Å². The molecule has 1 aliphatic rings. The molecule has 0 unspecified atom stereocenters. The standard InChI is InChI=1S/C17H17ClO/c18-14-10-8-13(9-11-14)16-7-3-5-12-4-1-2-6-15(12)17(16)19/h1-2,4,6,8-11,16-17,19H,3,5,7H2/t16-,17-/m0/s1. The van der Waals surface area contributed by atoms with Crippen LogP contribution < -0.4 is 0 Å². The van der Waals surface area contributed by atoms with Crippen LogP contribution in [0, 0.1) is 0 Å². The Balaban J connectivity index is 1.97. The van der Waals surface area contributed by atoms with E-state index in [9.17, 15) is 5.11 Å². The third kappa shape index (κ3) is 2.54. The van der Waals surface area contributed by atoms with Gasteiger partial charge in [-0.25, -0.2) is 0 Å². The fraction of sp³-hybridized carbons (Fsp3) is 0.294. The molecule has 0 radical (unpaired) electrons. The first-order chi connectivity index (χ1) is 9.25. The molecule has 1 aliphatic carbocycles. The summed E-state index contributed by atoms with van der Waals surface area (Å²) in [7, 11) is 0. The van der Waals surface area contributed by atoms with Crippen LogP contribution in [0.25, 0.3) is 0 Å². The molecule has 0 spiro atoms. The van der Waals surface area contributed by atoms with Crippen LogP contribution in [0.5, 0.6) is 0 Å². The molecule has 0 saturated heterocycles. The van der Waals surface area contributed by atoms with Gasteiger partial charge in [0.25, 0.3) is 0 Å². The van der Waals surface area contributed by atoms with Crippen molar-refractivity contribution in [3.8, 4) is 0 Å². The van der Waals surface area contributed by atoms with Crippen LogP contribution in [-0.4, -0.2) is 5.11 Å². The fourth-order valence-corrected chi connectivity index (χ4v) is 3.12. The lowest BCUT2D eigenvalue weighted by Gasteiger charge is -2.22. The van der Waals surface area contributed by atoms with Crippen LogP contribution in [0.15, 0.2) is 48.5 Å². The average molecular weight is 273 g/mol. The van der Waals surface area contributed by atoms with Gasteiger partial charge in [-0.1, -0.05) is 48.0 Å². The number of fused-ring (bicyclic) bond motifs is 1. The summed E-state index contributed by atoms with van der Waals surface area (Å²) < 4.78 is 0. The van der Waals surface area contributed by atoms with Crippen LogP contribution in [-0.2, 0) is 6.42 Å². The van der Waals surface area contributed by atoms with E-state index in [1.165, 1.54) is 11.1 Å². The Hall–Kier alpha value is -1.31. The highest BCUT2D eigenvalue weighted by atomic mass is 35.5. The van der Waals surface area contributed by atoms with Gasteiger partial charge in [-0.15, -0.1) is 0 Å². The number of halogens is 1. The molecule has 2 heteroatoms. The summed E-state index contributed by atoms with van der Waals surface area (Å²) in [5.74, 6) is 0.168. The smallest absolute Gasteiger partial charge is 0.0861 e. The van der Waals surface area contributed by atoms with Crippen molar-refractivity contribution in [1.82, 2.24) is 0 Å². The van der Waals surface area contributed by atoms with Crippen molar-refractivity contribution in [1.29, 1.82) is 0 Å². The molecule has 2 atom stereocenters. The monoisotopic (exact) mass is 272 g/mol.